The second-order valence-electron chi connectivity index (χ2n) is 4.65. The number of hydrogen-bond acceptors (Lipinski definition) is 4. The smallest absolute Gasteiger partial charge is 0.161 e. The zero-order chi connectivity index (χ0) is 13.8. The van der Waals surface area contributed by atoms with Gasteiger partial charge in [-0.05, 0) is 36.4 Å². The molecule has 4 nitrogen and oxygen atoms in total. The van der Waals surface area contributed by atoms with Gasteiger partial charge in [-0.3, -0.25) is 4.98 Å². The van der Waals surface area contributed by atoms with Crippen LogP contribution in [-0.4, -0.2) is 24.7 Å². The van der Waals surface area contributed by atoms with Crippen molar-refractivity contribution in [1.82, 2.24) is 10.3 Å². The van der Waals surface area contributed by atoms with Gasteiger partial charge in [0.25, 0.3) is 0 Å². The second kappa shape index (κ2) is 5.92. The van der Waals surface area contributed by atoms with E-state index < -0.39 is 0 Å². The lowest BCUT2D eigenvalue weighted by Crippen LogP contribution is -2.23. The van der Waals surface area contributed by atoms with Gasteiger partial charge in [0.1, 0.15) is 13.2 Å². The van der Waals surface area contributed by atoms with Crippen molar-refractivity contribution in [3.63, 3.8) is 0 Å². The standard InChI is InChI=1S/C16H18N2O2/c1-2-17-16(13-5-3-4-8-18-13)12-6-7-14-15(11-12)20-10-9-19-14/h3-8,11,16-17H,2,9-10H2,1H3. The predicted octanol–water partition coefficient (Wildman–Crippen LogP) is 2.55. The first-order valence-corrected chi connectivity index (χ1v) is 6.92. The Kier molecular flexibility index (Phi) is 3.83. The van der Waals surface area contributed by atoms with Gasteiger partial charge in [0.05, 0.1) is 11.7 Å². The fourth-order valence-corrected chi connectivity index (χ4v) is 2.38. The van der Waals surface area contributed by atoms with Gasteiger partial charge in [-0.1, -0.05) is 19.1 Å². The maximum absolute atomic E-state index is 5.66. The molecule has 0 spiro atoms. The molecule has 0 aliphatic carbocycles. The largest absolute Gasteiger partial charge is 0.486 e. The van der Waals surface area contributed by atoms with Crippen LogP contribution in [0.5, 0.6) is 11.5 Å². The average molecular weight is 270 g/mol. The summed E-state index contributed by atoms with van der Waals surface area (Å²) in [5, 5.41) is 3.46. The SMILES string of the molecule is CCNC(c1ccc2c(c1)OCCO2)c1ccccn1. The highest BCUT2D eigenvalue weighted by molar-refractivity contribution is 5.46. The molecule has 20 heavy (non-hydrogen) atoms. The molecule has 1 aromatic heterocycles. The lowest BCUT2D eigenvalue weighted by molar-refractivity contribution is 0.171. The predicted molar refractivity (Wildman–Crippen MR) is 77.2 cm³/mol. The van der Waals surface area contributed by atoms with Crippen molar-refractivity contribution in [3.05, 3.63) is 53.9 Å². The lowest BCUT2D eigenvalue weighted by Gasteiger charge is -2.22. The monoisotopic (exact) mass is 270 g/mol. The minimum atomic E-state index is 0.0667. The zero-order valence-electron chi connectivity index (χ0n) is 11.5. The van der Waals surface area contributed by atoms with Gasteiger partial charge >= 0.3 is 0 Å². The van der Waals surface area contributed by atoms with Crippen LogP contribution in [0.4, 0.5) is 0 Å². The summed E-state index contributed by atoms with van der Waals surface area (Å²) in [5.41, 5.74) is 2.14. The van der Waals surface area contributed by atoms with E-state index in [1.165, 1.54) is 0 Å². The summed E-state index contributed by atoms with van der Waals surface area (Å²) in [7, 11) is 0. The van der Waals surface area contributed by atoms with E-state index in [1.807, 2.05) is 36.5 Å². The van der Waals surface area contributed by atoms with Crippen molar-refractivity contribution in [3.8, 4) is 11.5 Å². The third-order valence-electron chi connectivity index (χ3n) is 3.29. The van der Waals surface area contributed by atoms with Crippen LogP contribution >= 0.6 is 0 Å². The Hall–Kier alpha value is -2.07. The Morgan fingerprint density at radius 3 is 2.75 bits per heavy atom. The second-order valence-corrected chi connectivity index (χ2v) is 4.65. The average Bonchev–Trinajstić information content (AvgIpc) is 2.53. The molecule has 0 amide bonds. The van der Waals surface area contributed by atoms with E-state index in [1.54, 1.807) is 0 Å². The Morgan fingerprint density at radius 1 is 1.15 bits per heavy atom. The number of nitrogens with zero attached hydrogens (tertiary/aromatic N) is 1. The maximum atomic E-state index is 5.66. The van der Waals surface area contributed by atoms with Crippen LogP contribution < -0.4 is 14.8 Å². The topological polar surface area (TPSA) is 43.4 Å². The van der Waals surface area contributed by atoms with E-state index in [9.17, 15) is 0 Å². The van der Waals surface area contributed by atoms with Crippen molar-refractivity contribution < 1.29 is 9.47 Å². The number of fused-ring (bicyclic) bond motifs is 1. The lowest BCUT2D eigenvalue weighted by atomic mass is 10.0. The quantitative estimate of drug-likeness (QED) is 0.927. The fourth-order valence-electron chi connectivity index (χ4n) is 2.38. The van der Waals surface area contributed by atoms with E-state index in [2.05, 4.69) is 23.3 Å². The molecule has 0 fully saturated rings. The van der Waals surface area contributed by atoms with Gasteiger partial charge < -0.3 is 14.8 Å². The molecule has 104 valence electrons. The van der Waals surface area contributed by atoms with Gasteiger partial charge in [-0.15, -0.1) is 0 Å². The Balaban J connectivity index is 1.95. The fraction of sp³-hybridized carbons (Fsp3) is 0.312. The first kappa shape index (κ1) is 12.9. The van der Waals surface area contributed by atoms with E-state index >= 15 is 0 Å². The highest BCUT2D eigenvalue weighted by Gasteiger charge is 2.18. The van der Waals surface area contributed by atoms with Crippen LogP contribution in [0, 0.1) is 0 Å². The van der Waals surface area contributed by atoms with Crippen molar-refractivity contribution in [1.29, 1.82) is 0 Å². The summed E-state index contributed by atoms with van der Waals surface area (Å²) in [6.07, 6.45) is 1.82. The number of nitrogens with one attached hydrogen (secondary N) is 1. The summed E-state index contributed by atoms with van der Waals surface area (Å²) in [6, 6.07) is 12.1. The highest BCUT2D eigenvalue weighted by Crippen LogP contribution is 2.33. The molecule has 0 radical (unpaired) electrons. The van der Waals surface area contributed by atoms with Crippen LogP contribution in [-0.2, 0) is 0 Å². The Morgan fingerprint density at radius 2 is 2.00 bits per heavy atom. The van der Waals surface area contributed by atoms with E-state index in [0.29, 0.717) is 13.2 Å². The minimum absolute atomic E-state index is 0.0667. The third-order valence-corrected chi connectivity index (χ3v) is 3.29. The molecule has 1 unspecified atom stereocenters. The van der Waals surface area contributed by atoms with Gasteiger partial charge in [0, 0.05) is 6.20 Å². The summed E-state index contributed by atoms with van der Waals surface area (Å²) in [6.45, 7) is 4.18. The molecule has 4 heteroatoms. The molecule has 1 aliphatic rings. The van der Waals surface area contributed by atoms with Crippen molar-refractivity contribution in [2.75, 3.05) is 19.8 Å². The molecule has 1 atom stereocenters. The summed E-state index contributed by atoms with van der Waals surface area (Å²) < 4.78 is 11.2. The molecular formula is C16H18N2O2. The number of benzene rings is 1. The molecule has 2 aromatic rings. The number of ether oxygens (including phenoxy) is 2. The molecule has 1 aromatic carbocycles. The Labute approximate surface area is 118 Å². The van der Waals surface area contributed by atoms with Crippen LogP contribution in [0.15, 0.2) is 42.6 Å². The molecule has 2 heterocycles. The van der Waals surface area contributed by atoms with Gasteiger partial charge in [0.15, 0.2) is 11.5 Å². The van der Waals surface area contributed by atoms with E-state index in [0.717, 1.165) is 29.3 Å². The van der Waals surface area contributed by atoms with Crippen LogP contribution in [0.2, 0.25) is 0 Å². The highest BCUT2D eigenvalue weighted by atomic mass is 16.6. The van der Waals surface area contributed by atoms with Crippen molar-refractivity contribution in [2.45, 2.75) is 13.0 Å². The van der Waals surface area contributed by atoms with E-state index in [4.69, 9.17) is 9.47 Å². The first-order valence-electron chi connectivity index (χ1n) is 6.92. The third kappa shape index (κ3) is 2.60. The van der Waals surface area contributed by atoms with Crippen molar-refractivity contribution in [2.24, 2.45) is 0 Å². The molecule has 0 saturated carbocycles. The summed E-state index contributed by atoms with van der Waals surface area (Å²) >= 11 is 0. The van der Waals surface area contributed by atoms with Gasteiger partial charge in [-0.2, -0.15) is 0 Å². The van der Waals surface area contributed by atoms with E-state index in [-0.39, 0.29) is 6.04 Å². The maximum Gasteiger partial charge on any atom is 0.161 e. The molecular weight excluding hydrogens is 252 g/mol. The minimum Gasteiger partial charge on any atom is -0.486 e. The number of pyridine rings is 1. The summed E-state index contributed by atoms with van der Waals surface area (Å²) in [5.74, 6) is 1.63. The van der Waals surface area contributed by atoms with Gasteiger partial charge in [0.2, 0.25) is 0 Å². The first-order chi connectivity index (χ1) is 9.88. The molecule has 3 rings (SSSR count). The van der Waals surface area contributed by atoms with Crippen LogP contribution in [0.3, 0.4) is 0 Å². The van der Waals surface area contributed by atoms with Crippen molar-refractivity contribution >= 4 is 0 Å². The zero-order valence-corrected chi connectivity index (χ0v) is 11.5. The number of hydrogen-bond donors (Lipinski definition) is 1. The number of aromatic nitrogens is 1. The number of rotatable bonds is 4. The van der Waals surface area contributed by atoms with Gasteiger partial charge in [-0.25, -0.2) is 0 Å². The normalized spacial score (nSPS) is 14.8. The molecule has 1 N–H and O–H groups in total. The molecule has 0 bridgehead atoms. The molecule has 1 aliphatic heterocycles. The van der Waals surface area contributed by atoms with Crippen LogP contribution in [0.1, 0.15) is 24.2 Å². The molecule has 0 saturated heterocycles. The Bertz CT molecular complexity index is 572. The summed E-state index contributed by atoms with van der Waals surface area (Å²) in [4.78, 5) is 4.45. The van der Waals surface area contributed by atoms with Crippen LogP contribution in [0.25, 0.3) is 0 Å².